The smallest absolute Gasteiger partial charge is 0.239 e. The second-order valence-electron chi connectivity index (χ2n) is 4.19. The quantitative estimate of drug-likeness (QED) is 0.758. The van der Waals surface area contributed by atoms with E-state index in [0.717, 1.165) is 18.7 Å². The summed E-state index contributed by atoms with van der Waals surface area (Å²) in [6, 6.07) is 4.32. The van der Waals surface area contributed by atoms with Crippen LogP contribution in [0.2, 0.25) is 0 Å². The van der Waals surface area contributed by atoms with Gasteiger partial charge in [0, 0.05) is 24.5 Å². The summed E-state index contributed by atoms with van der Waals surface area (Å²) in [6.07, 6.45) is 3.07. The molecule has 0 fully saturated rings. The van der Waals surface area contributed by atoms with Crippen LogP contribution in [0.5, 0.6) is 0 Å². The Bertz CT molecular complexity index is 346. The predicted molar refractivity (Wildman–Crippen MR) is 69.8 cm³/mol. The van der Waals surface area contributed by atoms with Crippen LogP contribution in [0, 0.1) is 0 Å². The van der Waals surface area contributed by atoms with Crippen LogP contribution >= 0.6 is 0 Å². The highest BCUT2D eigenvalue weighted by atomic mass is 16.1. The molecule has 0 spiro atoms. The first-order chi connectivity index (χ1) is 8.19. The standard InChI is InChI=1S/C13H23N3O/c1-4-8-15-11(3)12-7-6-9-16(12)10-13(17)14-5-2/h6-7,9,11,15H,4-5,8,10H2,1-3H3,(H,14,17). The normalized spacial score (nSPS) is 12.4. The molecule has 1 aromatic heterocycles. The number of carbonyl (C=O) groups excluding carboxylic acids is 1. The molecule has 0 aliphatic carbocycles. The van der Waals surface area contributed by atoms with Gasteiger partial charge in [-0.1, -0.05) is 6.92 Å². The molecule has 1 heterocycles. The van der Waals surface area contributed by atoms with Gasteiger partial charge in [-0.05, 0) is 38.9 Å². The summed E-state index contributed by atoms with van der Waals surface area (Å²) in [5.74, 6) is 0.0626. The van der Waals surface area contributed by atoms with E-state index in [1.165, 1.54) is 0 Å². The summed E-state index contributed by atoms with van der Waals surface area (Å²) < 4.78 is 2.00. The molecule has 1 aromatic rings. The molecular weight excluding hydrogens is 214 g/mol. The number of nitrogens with one attached hydrogen (secondary N) is 2. The fourth-order valence-corrected chi connectivity index (χ4v) is 1.84. The molecule has 1 unspecified atom stereocenters. The molecule has 0 saturated carbocycles. The van der Waals surface area contributed by atoms with Gasteiger partial charge in [0.1, 0.15) is 6.54 Å². The van der Waals surface area contributed by atoms with Crippen molar-refractivity contribution in [1.82, 2.24) is 15.2 Å². The van der Waals surface area contributed by atoms with Crippen LogP contribution in [0.25, 0.3) is 0 Å². The van der Waals surface area contributed by atoms with E-state index in [9.17, 15) is 4.79 Å². The Labute approximate surface area is 103 Å². The lowest BCUT2D eigenvalue weighted by Gasteiger charge is -2.16. The fraction of sp³-hybridized carbons (Fsp3) is 0.615. The number of nitrogens with zero attached hydrogens (tertiary/aromatic N) is 1. The molecule has 0 radical (unpaired) electrons. The fourth-order valence-electron chi connectivity index (χ4n) is 1.84. The van der Waals surface area contributed by atoms with Gasteiger partial charge in [0.05, 0.1) is 0 Å². The third kappa shape index (κ3) is 4.23. The number of hydrogen-bond donors (Lipinski definition) is 2. The summed E-state index contributed by atoms with van der Waals surface area (Å²) in [4.78, 5) is 11.5. The molecule has 96 valence electrons. The third-order valence-corrected chi connectivity index (χ3v) is 2.70. The SMILES string of the molecule is CCCNC(C)c1cccn1CC(=O)NCC. The molecule has 0 aromatic carbocycles. The van der Waals surface area contributed by atoms with E-state index in [0.29, 0.717) is 13.1 Å². The minimum absolute atomic E-state index is 0.0626. The molecule has 17 heavy (non-hydrogen) atoms. The molecule has 4 heteroatoms. The average molecular weight is 237 g/mol. The van der Waals surface area contributed by atoms with Crippen LogP contribution in [0.3, 0.4) is 0 Å². The van der Waals surface area contributed by atoms with Gasteiger partial charge in [0.2, 0.25) is 5.91 Å². The Morgan fingerprint density at radius 3 is 2.88 bits per heavy atom. The number of amides is 1. The Hall–Kier alpha value is -1.29. The lowest BCUT2D eigenvalue weighted by atomic mass is 10.2. The first kappa shape index (κ1) is 13.8. The van der Waals surface area contributed by atoms with E-state index < -0.39 is 0 Å². The summed E-state index contributed by atoms with van der Waals surface area (Å²) >= 11 is 0. The summed E-state index contributed by atoms with van der Waals surface area (Å²) in [5.41, 5.74) is 1.16. The zero-order valence-corrected chi connectivity index (χ0v) is 11.0. The lowest BCUT2D eigenvalue weighted by molar-refractivity contribution is -0.121. The number of carbonyl (C=O) groups is 1. The van der Waals surface area contributed by atoms with Crippen LogP contribution in [-0.2, 0) is 11.3 Å². The maximum absolute atomic E-state index is 11.5. The average Bonchev–Trinajstić information content (AvgIpc) is 2.74. The highest BCUT2D eigenvalue weighted by Gasteiger charge is 2.10. The van der Waals surface area contributed by atoms with Crippen molar-refractivity contribution in [3.63, 3.8) is 0 Å². The van der Waals surface area contributed by atoms with Crippen LogP contribution in [0.15, 0.2) is 18.3 Å². The van der Waals surface area contributed by atoms with Crippen molar-refractivity contribution in [2.45, 2.75) is 39.8 Å². The molecule has 1 rings (SSSR count). The Morgan fingerprint density at radius 1 is 1.47 bits per heavy atom. The molecule has 0 bridgehead atoms. The van der Waals surface area contributed by atoms with Crippen LogP contribution in [-0.4, -0.2) is 23.6 Å². The zero-order chi connectivity index (χ0) is 12.7. The number of aromatic nitrogens is 1. The van der Waals surface area contributed by atoms with Crippen molar-refractivity contribution in [1.29, 1.82) is 0 Å². The van der Waals surface area contributed by atoms with Crippen LogP contribution in [0.4, 0.5) is 0 Å². The Morgan fingerprint density at radius 2 is 2.24 bits per heavy atom. The molecule has 4 nitrogen and oxygen atoms in total. The van der Waals surface area contributed by atoms with Gasteiger partial charge in [0.15, 0.2) is 0 Å². The van der Waals surface area contributed by atoms with Gasteiger partial charge in [-0.25, -0.2) is 0 Å². The number of likely N-dealkylation sites (N-methyl/N-ethyl adjacent to an activating group) is 1. The lowest BCUT2D eigenvalue weighted by Crippen LogP contribution is -2.29. The van der Waals surface area contributed by atoms with Crippen LogP contribution < -0.4 is 10.6 Å². The minimum Gasteiger partial charge on any atom is -0.355 e. The largest absolute Gasteiger partial charge is 0.355 e. The van der Waals surface area contributed by atoms with E-state index in [1.807, 2.05) is 23.8 Å². The monoisotopic (exact) mass is 237 g/mol. The van der Waals surface area contributed by atoms with E-state index in [4.69, 9.17) is 0 Å². The second-order valence-corrected chi connectivity index (χ2v) is 4.19. The molecule has 2 N–H and O–H groups in total. The van der Waals surface area contributed by atoms with E-state index >= 15 is 0 Å². The minimum atomic E-state index is 0.0626. The highest BCUT2D eigenvalue weighted by Crippen LogP contribution is 2.13. The summed E-state index contributed by atoms with van der Waals surface area (Å²) in [6.45, 7) is 8.27. The van der Waals surface area contributed by atoms with Gasteiger partial charge < -0.3 is 15.2 Å². The molecular formula is C13H23N3O. The third-order valence-electron chi connectivity index (χ3n) is 2.70. The molecule has 0 saturated heterocycles. The van der Waals surface area contributed by atoms with Gasteiger partial charge >= 0.3 is 0 Å². The van der Waals surface area contributed by atoms with Crippen LogP contribution in [0.1, 0.15) is 38.9 Å². The Balaban J connectivity index is 2.61. The van der Waals surface area contributed by atoms with E-state index in [-0.39, 0.29) is 11.9 Å². The van der Waals surface area contributed by atoms with Crippen molar-refractivity contribution in [2.75, 3.05) is 13.1 Å². The maximum Gasteiger partial charge on any atom is 0.239 e. The number of rotatable bonds is 7. The van der Waals surface area contributed by atoms with Crippen molar-refractivity contribution < 1.29 is 4.79 Å². The maximum atomic E-state index is 11.5. The molecule has 0 aliphatic heterocycles. The van der Waals surface area contributed by atoms with Crippen molar-refractivity contribution in [2.24, 2.45) is 0 Å². The van der Waals surface area contributed by atoms with Crippen molar-refractivity contribution in [3.8, 4) is 0 Å². The molecule has 1 atom stereocenters. The predicted octanol–water partition coefficient (Wildman–Crippen LogP) is 1.68. The van der Waals surface area contributed by atoms with Gasteiger partial charge in [-0.15, -0.1) is 0 Å². The highest BCUT2D eigenvalue weighted by molar-refractivity contribution is 5.75. The van der Waals surface area contributed by atoms with E-state index in [2.05, 4.69) is 30.5 Å². The molecule has 1 amide bonds. The van der Waals surface area contributed by atoms with E-state index in [1.54, 1.807) is 0 Å². The topological polar surface area (TPSA) is 46.1 Å². The molecule has 0 aliphatic rings. The van der Waals surface area contributed by atoms with Gasteiger partial charge in [-0.2, -0.15) is 0 Å². The first-order valence-electron chi connectivity index (χ1n) is 6.34. The second kappa shape index (κ2) is 7.12. The number of hydrogen-bond acceptors (Lipinski definition) is 2. The Kier molecular flexibility index (Phi) is 5.77. The summed E-state index contributed by atoms with van der Waals surface area (Å²) in [7, 11) is 0. The van der Waals surface area contributed by atoms with Gasteiger partial charge in [0.25, 0.3) is 0 Å². The van der Waals surface area contributed by atoms with Crippen molar-refractivity contribution >= 4 is 5.91 Å². The first-order valence-corrected chi connectivity index (χ1v) is 6.34. The zero-order valence-electron chi connectivity index (χ0n) is 11.0. The summed E-state index contributed by atoms with van der Waals surface area (Å²) in [5, 5.41) is 6.24. The van der Waals surface area contributed by atoms with Crippen molar-refractivity contribution in [3.05, 3.63) is 24.0 Å². The van der Waals surface area contributed by atoms with Gasteiger partial charge in [-0.3, -0.25) is 4.79 Å².